The van der Waals surface area contributed by atoms with Crippen molar-refractivity contribution >= 4 is 29.6 Å². The molecule has 98 valence electrons. The zero-order valence-electron chi connectivity index (χ0n) is 10.3. The van der Waals surface area contributed by atoms with Gasteiger partial charge in [-0.2, -0.15) is 0 Å². The summed E-state index contributed by atoms with van der Waals surface area (Å²) in [5, 5.41) is 9.49. The lowest BCUT2D eigenvalue weighted by Crippen LogP contribution is -2.50. The number of thioether (sulfide) groups is 1. The maximum atomic E-state index is 11.5. The number of carboxylic acid groups (broad SMARTS) is 1. The van der Waals surface area contributed by atoms with Gasteiger partial charge in [-0.05, 0) is 18.1 Å². The largest absolute Gasteiger partial charge is 0.480 e. The van der Waals surface area contributed by atoms with Crippen LogP contribution in [0.1, 0.15) is 17.9 Å². The van der Waals surface area contributed by atoms with Crippen LogP contribution in [0.2, 0.25) is 0 Å². The first-order chi connectivity index (χ1) is 9.27. The molecular formula is C14H14N2O2S. The number of carbonyl (C=O) groups is 1. The van der Waals surface area contributed by atoms with Gasteiger partial charge in [-0.1, -0.05) is 12.1 Å². The van der Waals surface area contributed by atoms with E-state index >= 15 is 0 Å². The fourth-order valence-corrected chi connectivity index (χ4v) is 4.64. The Hall–Kier alpha value is -1.49. The summed E-state index contributed by atoms with van der Waals surface area (Å²) >= 11 is 1.66. The van der Waals surface area contributed by atoms with Crippen molar-refractivity contribution in [3.63, 3.8) is 0 Å². The van der Waals surface area contributed by atoms with Gasteiger partial charge in [-0.25, -0.2) is 4.79 Å². The van der Waals surface area contributed by atoms with E-state index in [4.69, 9.17) is 0 Å². The molecule has 4 nitrogen and oxygen atoms in total. The van der Waals surface area contributed by atoms with E-state index in [1.165, 1.54) is 10.5 Å². The first kappa shape index (κ1) is 11.3. The summed E-state index contributed by atoms with van der Waals surface area (Å²) in [6.07, 6.45) is 2.97. The van der Waals surface area contributed by atoms with Crippen LogP contribution < -0.4 is 4.90 Å². The Morgan fingerprint density at radius 3 is 3.21 bits per heavy atom. The highest BCUT2D eigenvalue weighted by Gasteiger charge is 2.47. The molecule has 1 aromatic rings. The summed E-state index contributed by atoms with van der Waals surface area (Å²) in [5.41, 5.74) is 2.40. The standard InChI is InChI=1S/C14H14N2O2S/c17-14(18)11-7-19-12-3-1-2-8-9-6-15-5-4-10(9)16(11)13(8)12/h1-3,6,9-11H,4-5,7H2,(H,17,18). The van der Waals surface area contributed by atoms with Crippen LogP contribution in [-0.4, -0.2) is 41.7 Å². The summed E-state index contributed by atoms with van der Waals surface area (Å²) in [6, 6.07) is 6.17. The van der Waals surface area contributed by atoms with E-state index in [0.29, 0.717) is 5.75 Å². The molecule has 0 spiro atoms. The minimum absolute atomic E-state index is 0.268. The summed E-state index contributed by atoms with van der Waals surface area (Å²) in [7, 11) is 0. The smallest absolute Gasteiger partial charge is 0.327 e. The zero-order chi connectivity index (χ0) is 13.0. The Labute approximate surface area is 115 Å². The third-order valence-electron chi connectivity index (χ3n) is 4.26. The van der Waals surface area contributed by atoms with Gasteiger partial charge >= 0.3 is 5.97 Å². The summed E-state index contributed by atoms with van der Waals surface area (Å²) in [5.74, 6) is 0.187. The third kappa shape index (κ3) is 1.48. The molecule has 0 aliphatic carbocycles. The molecule has 4 rings (SSSR count). The SMILES string of the molecule is O=C(O)C1CSc2cccc3c2N1C1CCN=CC31. The Bertz CT molecular complexity index is 587. The number of nitrogens with zero attached hydrogens (tertiary/aromatic N) is 2. The Balaban J connectivity index is 1.91. The zero-order valence-corrected chi connectivity index (χ0v) is 11.1. The lowest BCUT2D eigenvalue weighted by atomic mass is 9.92. The number of para-hydroxylation sites is 1. The van der Waals surface area contributed by atoms with Crippen LogP contribution in [0, 0.1) is 0 Å². The van der Waals surface area contributed by atoms with E-state index in [0.717, 1.165) is 18.7 Å². The maximum absolute atomic E-state index is 11.5. The van der Waals surface area contributed by atoms with Gasteiger partial charge in [0.1, 0.15) is 6.04 Å². The topological polar surface area (TPSA) is 52.9 Å². The second kappa shape index (κ2) is 4.00. The van der Waals surface area contributed by atoms with Crippen molar-refractivity contribution in [1.29, 1.82) is 0 Å². The second-order valence-electron chi connectivity index (χ2n) is 5.20. The number of aliphatic imine (C=N–C) groups is 1. The molecule has 19 heavy (non-hydrogen) atoms. The molecule has 3 heterocycles. The molecule has 3 unspecified atom stereocenters. The van der Waals surface area contributed by atoms with Crippen LogP contribution >= 0.6 is 11.8 Å². The molecule has 0 radical (unpaired) electrons. The third-order valence-corrected chi connectivity index (χ3v) is 5.38. The highest BCUT2D eigenvalue weighted by Crippen LogP contribution is 2.51. The summed E-state index contributed by atoms with van der Waals surface area (Å²) in [6.45, 7) is 0.806. The lowest BCUT2D eigenvalue weighted by molar-refractivity contribution is -0.138. The van der Waals surface area contributed by atoms with Gasteiger partial charge < -0.3 is 10.0 Å². The fourth-order valence-electron chi connectivity index (χ4n) is 3.47. The molecule has 3 atom stereocenters. The van der Waals surface area contributed by atoms with Crippen LogP contribution in [0.25, 0.3) is 0 Å². The van der Waals surface area contributed by atoms with Gasteiger partial charge in [-0.3, -0.25) is 4.99 Å². The molecule has 0 saturated heterocycles. The van der Waals surface area contributed by atoms with Crippen molar-refractivity contribution in [3.8, 4) is 0 Å². The first-order valence-corrected chi connectivity index (χ1v) is 7.53. The minimum atomic E-state index is -0.712. The molecule has 3 aliphatic heterocycles. The van der Waals surface area contributed by atoms with Crippen molar-refractivity contribution in [2.24, 2.45) is 4.99 Å². The highest BCUT2D eigenvalue weighted by atomic mass is 32.2. The van der Waals surface area contributed by atoms with Crippen LogP contribution in [0.5, 0.6) is 0 Å². The van der Waals surface area contributed by atoms with E-state index in [9.17, 15) is 9.90 Å². The van der Waals surface area contributed by atoms with Crippen molar-refractivity contribution in [1.82, 2.24) is 0 Å². The van der Waals surface area contributed by atoms with Gasteiger partial charge in [0.15, 0.2) is 0 Å². The molecule has 3 aliphatic rings. The van der Waals surface area contributed by atoms with Crippen LogP contribution in [0.15, 0.2) is 28.1 Å². The molecule has 0 saturated carbocycles. The van der Waals surface area contributed by atoms with Gasteiger partial charge in [0.2, 0.25) is 0 Å². The number of aliphatic carboxylic acids is 1. The van der Waals surface area contributed by atoms with E-state index in [-0.39, 0.29) is 12.0 Å². The Morgan fingerprint density at radius 1 is 1.47 bits per heavy atom. The summed E-state index contributed by atoms with van der Waals surface area (Å²) < 4.78 is 0. The maximum Gasteiger partial charge on any atom is 0.327 e. The molecular weight excluding hydrogens is 260 g/mol. The average Bonchev–Trinajstić information content (AvgIpc) is 2.77. The number of hydrogen-bond acceptors (Lipinski definition) is 4. The van der Waals surface area contributed by atoms with Crippen molar-refractivity contribution in [3.05, 3.63) is 23.8 Å². The van der Waals surface area contributed by atoms with E-state index in [1.54, 1.807) is 11.8 Å². The lowest BCUT2D eigenvalue weighted by Gasteiger charge is -2.38. The molecule has 0 aromatic heterocycles. The van der Waals surface area contributed by atoms with Crippen LogP contribution in [0.3, 0.4) is 0 Å². The quantitative estimate of drug-likeness (QED) is 0.851. The number of rotatable bonds is 1. The number of benzene rings is 1. The molecule has 5 heteroatoms. The summed E-state index contributed by atoms with van der Waals surface area (Å²) in [4.78, 5) is 19.3. The van der Waals surface area contributed by atoms with Crippen molar-refractivity contribution in [2.75, 3.05) is 17.2 Å². The monoisotopic (exact) mass is 274 g/mol. The van der Waals surface area contributed by atoms with Gasteiger partial charge in [0, 0.05) is 35.4 Å². The van der Waals surface area contributed by atoms with Crippen LogP contribution in [-0.2, 0) is 4.79 Å². The molecule has 1 N–H and O–H groups in total. The molecule has 1 aromatic carbocycles. The number of hydrogen-bond donors (Lipinski definition) is 1. The predicted molar refractivity (Wildman–Crippen MR) is 75.6 cm³/mol. The Kier molecular flexibility index (Phi) is 2.39. The number of carboxylic acids is 1. The minimum Gasteiger partial charge on any atom is -0.480 e. The van der Waals surface area contributed by atoms with Crippen molar-refractivity contribution in [2.45, 2.75) is 29.3 Å². The van der Waals surface area contributed by atoms with E-state index < -0.39 is 12.0 Å². The Morgan fingerprint density at radius 2 is 2.37 bits per heavy atom. The normalized spacial score (nSPS) is 30.9. The first-order valence-electron chi connectivity index (χ1n) is 6.54. The average molecular weight is 274 g/mol. The van der Waals surface area contributed by atoms with E-state index in [1.807, 2.05) is 6.21 Å². The van der Waals surface area contributed by atoms with Gasteiger partial charge in [0.25, 0.3) is 0 Å². The van der Waals surface area contributed by atoms with E-state index in [2.05, 4.69) is 28.1 Å². The van der Waals surface area contributed by atoms with Crippen molar-refractivity contribution < 1.29 is 9.90 Å². The molecule has 0 amide bonds. The molecule has 0 fully saturated rings. The number of anilines is 1. The van der Waals surface area contributed by atoms with Crippen LogP contribution in [0.4, 0.5) is 5.69 Å². The highest BCUT2D eigenvalue weighted by molar-refractivity contribution is 7.99. The van der Waals surface area contributed by atoms with Gasteiger partial charge in [0.05, 0.1) is 5.69 Å². The number of fused-ring (bicyclic) bond motifs is 3. The fraction of sp³-hybridized carbons (Fsp3) is 0.429. The second-order valence-corrected chi connectivity index (χ2v) is 6.27. The van der Waals surface area contributed by atoms with Gasteiger partial charge in [-0.15, -0.1) is 11.8 Å². The predicted octanol–water partition coefficient (Wildman–Crippen LogP) is 1.99. The molecule has 0 bridgehead atoms.